The molecule has 0 aliphatic carbocycles. The Bertz CT molecular complexity index is 796. The first-order chi connectivity index (χ1) is 11.5. The van der Waals surface area contributed by atoms with Gasteiger partial charge in [0, 0.05) is 42.3 Å². The van der Waals surface area contributed by atoms with E-state index in [0.717, 1.165) is 42.7 Å². The van der Waals surface area contributed by atoms with E-state index in [1.807, 2.05) is 0 Å². The Balaban J connectivity index is 1.77. The molecule has 0 radical (unpaired) electrons. The quantitative estimate of drug-likeness (QED) is 0.624. The largest absolute Gasteiger partial charge is 0.325 e. The minimum Gasteiger partial charge on any atom is -0.325 e. The summed E-state index contributed by atoms with van der Waals surface area (Å²) in [4.78, 5) is 16.9. The average Bonchev–Trinajstić information content (AvgIpc) is 3.21. The Hall–Kier alpha value is -0.530. The van der Waals surface area contributed by atoms with Gasteiger partial charge in [-0.1, -0.05) is 0 Å². The lowest BCUT2D eigenvalue weighted by Gasteiger charge is -2.31. The second kappa shape index (κ2) is 6.65. The summed E-state index contributed by atoms with van der Waals surface area (Å²) < 4.78 is 2.15. The Morgan fingerprint density at radius 3 is 1.83 bits per heavy atom. The third-order valence-corrected chi connectivity index (χ3v) is 8.17. The molecule has 0 spiro atoms. The molecule has 6 heteroatoms. The number of halogens is 2. The zero-order valence-corrected chi connectivity index (χ0v) is 17.8. The predicted octanol–water partition coefficient (Wildman–Crippen LogP) is 4.43. The zero-order chi connectivity index (χ0) is 16.8. The SMILES string of the molecule is C[NH+]1[C@@H]2CC[C@H]1/C(=C/c1cc(Br)cs1)C(=O)/C2=C\c1cc(Br)cs1. The minimum absolute atomic E-state index is 0.238. The Morgan fingerprint density at radius 2 is 1.46 bits per heavy atom. The fourth-order valence-electron chi connectivity index (χ4n) is 3.76. The second-order valence-electron chi connectivity index (χ2n) is 6.29. The number of piperidine rings is 1. The number of nitrogens with one attached hydrogen (secondary N) is 1. The van der Waals surface area contributed by atoms with Gasteiger partial charge in [-0.25, -0.2) is 0 Å². The maximum atomic E-state index is 13.2. The fraction of sp³-hybridized carbons (Fsp3) is 0.278. The van der Waals surface area contributed by atoms with Gasteiger partial charge in [-0.15, -0.1) is 22.7 Å². The number of likely N-dealkylation sites (N-methyl/N-ethyl adjacent to an activating group) is 1. The lowest BCUT2D eigenvalue weighted by atomic mass is 9.90. The Labute approximate surface area is 166 Å². The number of carbonyl (C=O) groups is 1. The molecule has 2 nitrogen and oxygen atoms in total. The smallest absolute Gasteiger partial charge is 0.196 e. The monoisotopic (exact) mass is 484 g/mol. The van der Waals surface area contributed by atoms with Crippen LogP contribution in [0.1, 0.15) is 22.6 Å². The van der Waals surface area contributed by atoms with E-state index in [0.29, 0.717) is 12.1 Å². The molecule has 2 bridgehead atoms. The van der Waals surface area contributed by atoms with Gasteiger partial charge < -0.3 is 4.90 Å². The van der Waals surface area contributed by atoms with Gasteiger partial charge in [0.15, 0.2) is 5.78 Å². The number of Topliss-reactive ketones (excluding diaryl/α,β-unsaturated/α-hetero) is 1. The highest BCUT2D eigenvalue weighted by Crippen LogP contribution is 2.33. The van der Waals surface area contributed by atoms with Crippen molar-refractivity contribution in [3.63, 3.8) is 0 Å². The van der Waals surface area contributed by atoms with Crippen LogP contribution in [0.4, 0.5) is 0 Å². The third kappa shape index (κ3) is 3.03. The van der Waals surface area contributed by atoms with Crippen LogP contribution in [-0.2, 0) is 4.79 Å². The van der Waals surface area contributed by atoms with Gasteiger partial charge >= 0.3 is 0 Å². The van der Waals surface area contributed by atoms with Gasteiger partial charge in [-0.3, -0.25) is 4.79 Å². The van der Waals surface area contributed by atoms with Crippen molar-refractivity contribution in [1.82, 2.24) is 0 Å². The van der Waals surface area contributed by atoms with Crippen LogP contribution in [0.5, 0.6) is 0 Å². The Morgan fingerprint density at radius 1 is 1.00 bits per heavy atom. The highest BCUT2D eigenvalue weighted by atomic mass is 79.9. The molecule has 2 aromatic rings. The lowest BCUT2D eigenvalue weighted by Crippen LogP contribution is -3.16. The normalized spacial score (nSPS) is 29.8. The number of rotatable bonds is 2. The van der Waals surface area contributed by atoms with Crippen molar-refractivity contribution in [3.8, 4) is 0 Å². The number of hydrogen-bond donors (Lipinski definition) is 1. The Kier molecular flexibility index (Phi) is 4.69. The molecule has 24 heavy (non-hydrogen) atoms. The van der Waals surface area contributed by atoms with E-state index >= 15 is 0 Å². The van der Waals surface area contributed by atoms with Crippen LogP contribution in [0.3, 0.4) is 0 Å². The number of quaternary nitrogens is 1. The molecule has 2 fully saturated rings. The molecule has 0 aromatic carbocycles. The van der Waals surface area contributed by atoms with Crippen molar-refractivity contribution < 1.29 is 9.69 Å². The first-order valence-corrected chi connectivity index (χ1v) is 11.2. The van der Waals surface area contributed by atoms with E-state index in [4.69, 9.17) is 0 Å². The summed E-state index contributed by atoms with van der Waals surface area (Å²) in [5.41, 5.74) is 1.94. The predicted molar refractivity (Wildman–Crippen MR) is 109 cm³/mol. The van der Waals surface area contributed by atoms with Gasteiger partial charge in [-0.2, -0.15) is 0 Å². The molecular formula is C18H16Br2NOS2+. The summed E-state index contributed by atoms with van der Waals surface area (Å²) in [6, 6.07) is 4.83. The summed E-state index contributed by atoms with van der Waals surface area (Å²) in [5, 5.41) is 4.13. The van der Waals surface area contributed by atoms with E-state index in [-0.39, 0.29) is 5.78 Å². The van der Waals surface area contributed by atoms with Crippen LogP contribution in [0.25, 0.3) is 12.2 Å². The van der Waals surface area contributed by atoms with Gasteiger partial charge in [0.1, 0.15) is 12.1 Å². The first kappa shape index (κ1) is 16.9. The van der Waals surface area contributed by atoms with Gasteiger partial charge in [0.05, 0.1) is 18.2 Å². The van der Waals surface area contributed by atoms with Gasteiger partial charge in [-0.05, 0) is 56.1 Å². The van der Waals surface area contributed by atoms with E-state index in [1.54, 1.807) is 22.7 Å². The molecule has 0 saturated carbocycles. The topological polar surface area (TPSA) is 21.5 Å². The van der Waals surface area contributed by atoms with Crippen LogP contribution in [0.15, 0.2) is 43.0 Å². The van der Waals surface area contributed by atoms with Crippen molar-refractivity contribution in [2.75, 3.05) is 7.05 Å². The summed E-state index contributed by atoms with van der Waals surface area (Å²) in [7, 11) is 2.23. The molecule has 3 atom stereocenters. The lowest BCUT2D eigenvalue weighted by molar-refractivity contribution is -0.906. The van der Waals surface area contributed by atoms with Gasteiger partial charge in [0.25, 0.3) is 0 Å². The zero-order valence-electron chi connectivity index (χ0n) is 13.0. The molecule has 1 unspecified atom stereocenters. The van der Waals surface area contributed by atoms with E-state index < -0.39 is 0 Å². The highest BCUT2D eigenvalue weighted by molar-refractivity contribution is 9.10. The van der Waals surface area contributed by atoms with Crippen LogP contribution in [0.2, 0.25) is 0 Å². The van der Waals surface area contributed by atoms with Crippen LogP contribution in [-0.4, -0.2) is 24.9 Å². The van der Waals surface area contributed by atoms with E-state index in [1.165, 1.54) is 4.90 Å². The number of fused-ring (bicyclic) bond motifs is 2. The standard InChI is InChI=1S/C18H15Br2NOS2/c1-21-16-2-3-17(21)15(7-13-5-11(20)9-24-13)18(22)14(16)6-12-4-10(19)8-23-12/h4-9,16-17H,2-3H2,1H3/p+1/b14-6-,15-7-/t16-,17+. The van der Waals surface area contributed by atoms with Crippen molar-refractivity contribution in [2.45, 2.75) is 24.9 Å². The molecule has 2 aliphatic heterocycles. The minimum atomic E-state index is 0.238. The van der Waals surface area contributed by atoms with Crippen molar-refractivity contribution >= 4 is 72.5 Å². The molecule has 2 aromatic heterocycles. The molecule has 2 aliphatic rings. The first-order valence-electron chi connectivity index (χ1n) is 7.82. The number of thiophene rings is 2. The molecule has 124 valence electrons. The fourth-order valence-corrected chi connectivity index (χ4v) is 6.53. The number of hydrogen-bond acceptors (Lipinski definition) is 3. The van der Waals surface area contributed by atoms with Crippen LogP contribution in [0, 0.1) is 0 Å². The van der Waals surface area contributed by atoms with Crippen LogP contribution >= 0.6 is 54.5 Å². The van der Waals surface area contributed by atoms with E-state index in [2.05, 4.69) is 74.0 Å². The number of ketones is 1. The van der Waals surface area contributed by atoms with Crippen molar-refractivity contribution in [3.05, 3.63) is 52.7 Å². The molecule has 0 amide bonds. The van der Waals surface area contributed by atoms with Gasteiger partial charge in [0.2, 0.25) is 0 Å². The molecule has 1 N–H and O–H groups in total. The second-order valence-corrected chi connectivity index (χ2v) is 10.0. The molecule has 2 saturated heterocycles. The third-order valence-electron chi connectivity index (χ3n) is 4.89. The maximum absolute atomic E-state index is 13.2. The molecule has 4 rings (SSSR count). The van der Waals surface area contributed by atoms with Crippen LogP contribution < -0.4 is 4.90 Å². The van der Waals surface area contributed by atoms with Crippen molar-refractivity contribution in [1.29, 1.82) is 0 Å². The highest BCUT2D eigenvalue weighted by Gasteiger charge is 2.48. The maximum Gasteiger partial charge on any atom is 0.196 e. The average molecular weight is 486 g/mol. The van der Waals surface area contributed by atoms with E-state index in [9.17, 15) is 4.79 Å². The van der Waals surface area contributed by atoms with Crippen molar-refractivity contribution in [2.24, 2.45) is 0 Å². The molecular weight excluding hydrogens is 470 g/mol. The summed E-state index contributed by atoms with van der Waals surface area (Å²) in [6.45, 7) is 0. The molecule has 4 heterocycles. The summed E-state index contributed by atoms with van der Waals surface area (Å²) in [6.07, 6.45) is 6.38. The summed E-state index contributed by atoms with van der Waals surface area (Å²) in [5.74, 6) is 0.238. The summed E-state index contributed by atoms with van der Waals surface area (Å²) >= 11 is 10.3. The number of carbonyl (C=O) groups excluding carboxylic acids is 1.